The van der Waals surface area contributed by atoms with E-state index in [1.54, 1.807) is 17.0 Å². The van der Waals surface area contributed by atoms with Gasteiger partial charge in [0.1, 0.15) is 10.8 Å². The molecule has 1 saturated heterocycles. The molecule has 0 bridgehead atoms. The van der Waals surface area contributed by atoms with Crippen LogP contribution in [-0.2, 0) is 21.4 Å². The molecule has 25 heavy (non-hydrogen) atoms. The van der Waals surface area contributed by atoms with E-state index in [0.29, 0.717) is 17.3 Å². The van der Waals surface area contributed by atoms with E-state index in [0.717, 1.165) is 9.35 Å². The molecule has 134 valence electrons. The van der Waals surface area contributed by atoms with Crippen LogP contribution in [-0.4, -0.2) is 49.9 Å². The third kappa shape index (κ3) is 4.41. The number of amides is 1. The van der Waals surface area contributed by atoms with Crippen LogP contribution in [0.1, 0.15) is 5.56 Å². The number of carbonyl (C=O) groups is 1. The Morgan fingerprint density at radius 3 is 2.36 bits per heavy atom. The number of halogens is 1. The lowest BCUT2D eigenvalue weighted by Crippen LogP contribution is -2.50. The van der Waals surface area contributed by atoms with E-state index in [-0.39, 0.29) is 19.7 Å². The molecule has 1 aliphatic rings. The normalized spacial score (nSPS) is 16.0. The van der Waals surface area contributed by atoms with E-state index in [9.17, 15) is 13.2 Å². The minimum absolute atomic E-state index is 0.210. The fourth-order valence-corrected chi connectivity index (χ4v) is 6.07. The molecule has 0 saturated carbocycles. The zero-order valence-corrected chi connectivity index (χ0v) is 16.5. The van der Waals surface area contributed by atoms with E-state index < -0.39 is 16.1 Å². The quantitative estimate of drug-likeness (QED) is 0.726. The van der Waals surface area contributed by atoms with Crippen molar-refractivity contribution >= 4 is 43.4 Å². The highest BCUT2D eigenvalue weighted by molar-refractivity contribution is 9.11. The molecule has 0 N–H and O–H groups in total. The van der Waals surface area contributed by atoms with Crippen LogP contribution in [0.3, 0.4) is 0 Å². The summed E-state index contributed by atoms with van der Waals surface area (Å²) in [7, 11) is -3.50. The second kappa shape index (κ2) is 7.86. The van der Waals surface area contributed by atoms with Gasteiger partial charge in [-0.3, -0.25) is 0 Å². The van der Waals surface area contributed by atoms with Crippen LogP contribution >= 0.6 is 27.3 Å². The van der Waals surface area contributed by atoms with Crippen molar-refractivity contribution in [2.75, 3.05) is 26.2 Å². The van der Waals surface area contributed by atoms with E-state index in [2.05, 4.69) is 15.9 Å². The summed E-state index contributed by atoms with van der Waals surface area (Å²) in [5.74, 6) is 0. The topological polar surface area (TPSA) is 66.9 Å². The van der Waals surface area contributed by atoms with Crippen LogP contribution in [0.25, 0.3) is 0 Å². The molecule has 0 spiro atoms. The molecular weight excluding hydrogens is 428 g/mol. The molecule has 2 heterocycles. The third-order valence-corrected chi connectivity index (χ3v) is 7.83. The summed E-state index contributed by atoms with van der Waals surface area (Å²) in [4.78, 5) is 13.7. The van der Waals surface area contributed by atoms with Crippen molar-refractivity contribution in [3.8, 4) is 0 Å². The maximum atomic E-state index is 12.6. The first kappa shape index (κ1) is 18.4. The smallest absolute Gasteiger partial charge is 0.410 e. The molecular formula is C16H17BrN2O4S2. The summed E-state index contributed by atoms with van der Waals surface area (Å²) in [5, 5.41) is 0. The number of carbonyl (C=O) groups excluding carboxylic acids is 1. The van der Waals surface area contributed by atoms with Crippen molar-refractivity contribution in [1.29, 1.82) is 0 Å². The summed E-state index contributed by atoms with van der Waals surface area (Å²) >= 11 is 4.46. The molecule has 1 aromatic heterocycles. The van der Waals surface area contributed by atoms with Gasteiger partial charge in [-0.25, -0.2) is 13.2 Å². The molecule has 3 rings (SSSR count). The Bertz CT molecular complexity index is 831. The highest BCUT2D eigenvalue weighted by atomic mass is 79.9. The minimum atomic E-state index is -3.50. The molecule has 2 aromatic rings. The van der Waals surface area contributed by atoms with Gasteiger partial charge in [0, 0.05) is 26.2 Å². The number of sulfonamides is 1. The van der Waals surface area contributed by atoms with Crippen LogP contribution in [0.4, 0.5) is 4.79 Å². The molecule has 0 atom stereocenters. The summed E-state index contributed by atoms with van der Waals surface area (Å²) in [6, 6.07) is 12.7. The predicted octanol–water partition coefficient (Wildman–Crippen LogP) is 3.15. The number of ether oxygens (including phenoxy) is 1. The lowest BCUT2D eigenvalue weighted by molar-refractivity contribution is 0.0838. The maximum absolute atomic E-state index is 12.6. The first-order chi connectivity index (χ1) is 12.0. The summed E-state index contributed by atoms with van der Waals surface area (Å²) < 4.78 is 32.9. The van der Waals surface area contributed by atoms with Crippen molar-refractivity contribution in [2.45, 2.75) is 10.8 Å². The van der Waals surface area contributed by atoms with Gasteiger partial charge in [-0.15, -0.1) is 11.3 Å². The van der Waals surface area contributed by atoms with E-state index in [4.69, 9.17) is 4.74 Å². The van der Waals surface area contributed by atoms with Gasteiger partial charge in [0.15, 0.2) is 0 Å². The number of piperazine rings is 1. The monoisotopic (exact) mass is 444 g/mol. The van der Waals surface area contributed by atoms with Gasteiger partial charge in [0.05, 0.1) is 3.79 Å². The number of hydrogen-bond acceptors (Lipinski definition) is 5. The zero-order chi connectivity index (χ0) is 17.9. The minimum Gasteiger partial charge on any atom is -0.445 e. The number of rotatable bonds is 4. The average Bonchev–Trinajstić information content (AvgIpc) is 3.08. The van der Waals surface area contributed by atoms with Crippen LogP contribution in [0.5, 0.6) is 0 Å². The van der Waals surface area contributed by atoms with Gasteiger partial charge in [-0.05, 0) is 33.6 Å². The largest absolute Gasteiger partial charge is 0.445 e. The average molecular weight is 445 g/mol. The maximum Gasteiger partial charge on any atom is 0.410 e. The highest BCUT2D eigenvalue weighted by Crippen LogP contribution is 2.29. The Balaban J connectivity index is 1.54. The van der Waals surface area contributed by atoms with E-state index >= 15 is 0 Å². The van der Waals surface area contributed by atoms with Crippen molar-refractivity contribution in [3.63, 3.8) is 0 Å². The highest BCUT2D eigenvalue weighted by Gasteiger charge is 2.31. The molecule has 0 aliphatic carbocycles. The van der Waals surface area contributed by atoms with Gasteiger partial charge in [0.2, 0.25) is 0 Å². The fraction of sp³-hybridized carbons (Fsp3) is 0.312. The van der Waals surface area contributed by atoms with Gasteiger partial charge in [-0.1, -0.05) is 30.3 Å². The van der Waals surface area contributed by atoms with Crippen molar-refractivity contribution in [3.05, 3.63) is 51.8 Å². The van der Waals surface area contributed by atoms with Gasteiger partial charge >= 0.3 is 6.09 Å². The summed E-state index contributed by atoms with van der Waals surface area (Å²) in [5.41, 5.74) is 0.917. The first-order valence-electron chi connectivity index (χ1n) is 7.68. The number of hydrogen-bond donors (Lipinski definition) is 0. The van der Waals surface area contributed by atoms with E-state index in [1.807, 2.05) is 30.3 Å². The van der Waals surface area contributed by atoms with Gasteiger partial charge in [0.25, 0.3) is 10.0 Å². The predicted molar refractivity (Wildman–Crippen MR) is 99.0 cm³/mol. The van der Waals surface area contributed by atoms with Crippen molar-refractivity contribution in [1.82, 2.24) is 9.21 Å². The van der Waals surface area contributed by atoms with E-state index in [1.165, 1.54) is 15.6 Å². The van der Waals surface area contributed by atoms with Gasteiger partial charge < -0.3 is 9.64 Å². The molecule has 6 nitrogen and oxygen atoms in total. The Morgan fingerprint density at radius 2 is 1.76 bits per heavy atom. The molecule has 1 aromatic carbocycles. The molecule has 9 heteroatoms. The third-order valence-electron chi connectivity index (χ3n) is 3.84. The lowest BCUT2D eigenvalue weighted by Gasteiger charge is -2.33. The molecule has 0 radical (unpaired) electrons. The molecule has 1 aliphatic heterocycles. The van der Waals surface area contributed by atoms with Crippen molar-refractivity contribution in [2.24, 2.45) is 0 Å². The summed E-state index contributed by atoms with van der Waals surface area (Å²) in [6.07, 6.45) is -0.417. The molecule has 1 fully saturated rings. The summed E-state index contributed by atoms with van der Waals surface area (Å²) in [6.45, 7) is 1.37. The second-order valence-electron chi connectivity index (χ2n) is 5.49. The van der Waals surface area contributed by atoms with Crippen molar-refractivity contribution < 1.29 is 17.9 Å². The van der Waals surface area contributed by atoms with Crippen LogP contribution in [0.2, 0.25) is 0 Å². The number of benzene rings is 1. The standard InChI is InChI=1S/C16H17BrN2O4S2/c17-14-6-7-15(24-14)25(21,22)19-10-8-18(9-11-19)16(20)23-12-13-4-2-1-3-5-13/h1-7H,8-12H2. The lowest BCUT2D eigenvalue weighted by atomic mass is 10.2. The number of thiophene rings is 1. The number of nitrogens with zero attached hydrogens (tertiary/aromatic N) is 2. The molecule has 1 amide bonds. The Hall–Kier alpha value is -1.42. The van der Waals surface area contributed by atoms with Crippen LogP contribution in [0, 0.1) is 0 Å². The fourth-order valence-electron chi connectivity index (χ4n) is 2.49. The zero-order valence-electron chi connectivity index (χ0n) is 13.3. The Labute approximate surface area is 159 Å². The first-order valence-corrected chi connectivity index (χ1v) is 10.7. The Morgan fingerprint density at radius 1 is 1.08 bits per heavy atom. The Kier molecular flexibility index (Phi) is 5.78. The van der Waals surface area contributed by atoms with Gasteiger partial charge in [-0.2, -0.15) is 4.31 Å². The van der Waals surface area contributed by atoms with Crippen LogP contribution in [0.15, 0.2) is 50.5 Å². The molecule has 0 unspecified atom stereocenters. The second-order valence-corrected chi connectivity index (χ2v) is 10.1. The SMILES string of the molecule is O=C(OCc1ccccc1)N1CCN(S(=O)(=O)c2ccc(Br)s2)CC1. The van der Waals surface area contributed by atoms with Crippen LogP contribution < -0.4 is 0 Å².